The lowest BCUT2D eigenvalue weighted by Crippen LogP contribution is -2.26. The molecule has 5 aromatic rings. The summed E-state index contributed by atoms with van der Waals surface area (Å²) < 4.78 is 0. The Bertz CT molecular complexity index is 1650. The molecule has 9 heteroatoms. The number of carbonyl (C=O) groups excluding carboxylic acids is 2. The topological polar surface area (TPSA) is 132 Å². The van der Waals surface area contributed by atoms with Crippen LogP contribution in [-0.2, 0) is 11.2 Å². The predicted octanol–water partition coefficient (Wildman–Crippen LogP) is 5.02. The molecular formula is C31H28N6O3. The fourth-order valence-electron chi connectivity index (χ4n) is 4.34. The average molecular weight is 533 g/mol. The zero-order valence-corrected chi connectivity index (χ0v) is 21.6. The summed E-state index contributed by atoms with van der Waals surface area (Å²) in [6.45, 7) is 3.41. The largest absolute Gasteiger partial charge is 0.394 e. The van der Waals surface area contributed by atoms with E-state index in [9.17, 15) is 14.7 Å². The molecule has 0 saturated carbocycles. The second kappa shape index (κ2) is 12.1. The molecule has 200 valence electrons. The first kappa shape index (κ1) is 26.3. The molecule has 0 unspecified atom stereocenters. The third kappa shape index (κ3) is 6.23. The van der Waals surface area contributed by atoms with Gasteiger partial charge in [-0.1, -0.05) is 43.0 Å². The normalized spacial score (nSPS) is 11.5. The third-order valence-electron chi connectivity index (χ3n) is 6.38. The minimum atomic E-state index is -0.332. The molecule has 2 heterocycles. The van der Waals surface area contributed by atoms with E-state index in [1.54, 1.807) is 36.7 Å². The number of rotatable bonds is 10. The molecule has 0 radical (unpaired) electrons. The summed E-state index contributed by atoms with van der Waals surface area (Å²) in [5.74, 6) is -0.258. The molecule has 5 rings (SSSR count). The molecule has 0 aliphatic carbocycles. The number of aromatic amines is 1. The van der Waals surface area contributed by atoms with Crippen molar-refractivity contribution in [1.29, 1.82) is 0 Å². The van der Waals surface area contributed by atoms with Crippen LogP contribution >= 0.6 is 0 Å². The number of nitrogens with zero attached hydrogens (tertiary/aromatic N) is 2. The van der Waals surface area contributed by atoms with Crippen LogP contribution in [0.2, 0.25) is 0 Å². The van der Waals surface area contributed by atoms with E-state index < -0.39 is 0 Å². The highest BCUT2D eigenvalue weighted by Gasteiger charge is 2.14. The summed E-state index contributed by atoms with van der Waals surface area (Å²) in [5, 5.41) is 26.8. The minimum absolute atomic E-state index is 0.0185. The van der Waals surface area contributed by atoms with Gasteiger partial charge in [-0.25, -0.2) is 0 Å². The predicted molar refractivity (Wildman–Crippen MR) is 157 cm³/mol. The number of benzene rings is 3. The van der Waals surface area contributed by atoms with E-state index in [4.69, 9.17) is 0 Å². The maximum absolute atomic E-state index is 12.9. The zero-order valence-electron chi connectivity index (χ0n) is 21.6. The molecule has 3 aromatic carbocycles. The maximum Gasteiger partial charge on any atom is 0.256 e. The second-order valence-electron chi connectivity index (χ2n) is 9.23. The molecule has 9 nitrogen and oxygen atoms in total. The van der Waals surface area contributed by atoms with Gasteiger partial charge >= 0.3 is 0 Å². The van der Waals surface area contributed by atoms with Crippen LogP contribution in [0.3, 0.4) is 0 Å². The maximum atomic E-state index is 12.9. The molecule has 2 aromatic heterocycles. The SMILES string of the molecule is C=CC(=O)Nc1ccc(C(=O)Nc2n[nH]c3ccc(-c4cncc(N[C@H](CO)Cc5ccccc5)c4)cc23)cc1. The second-order valence-corrected chi connectivity index (χ2v) is 9.23. The first-order chi connectivity index (χ1) is 19.5. The van der Waals surface area contributed by atoms with Crippen LogP contribution in [0.1, 0.15) is 15.9 Å². The number of fused-ring (bicyclic) bond motifs is 1. The van der Waals surface area contributed by atoms with Crippen molar-refractivity contribution in [1.82, 2.24) is 15.2 Å². The van der Waals surface area contributed by atoms with Crippen molar-refractivity contribution < 1.29 is 14.7 Å². The Hall–Kier alpha value is -5.28. The van der Waals surface area contributed by atoms with E-state index in [1.807, 2.05) is 54.6 Å². The molecule has 5 N–H and O–H groups in total. The van der Waals surface area contributed by atoms with Crippen molar-refractivity contribution in [2.45, 2.75) is 12.5 Å². The number of aliphatic hydroxyl groups is 1. The number of aromatic nitrogens is 3. The van der Waals surface area contributed by atoms with Crippen LogP contribution in [0.5, 0.6) is 0 Å². The van der Waals surface area contributed by atoms with Gasteiger partial charge in [0.05, 0.1) is 23.9 Å². The smallest absolute Gasteiger partial charge is 0.256 e. The van der Waals surface area contributed by atoms with Crippen LogP contribution in [0.4, 0.5) is 17.2 Å². The lowest BCUT2D eigenvalue weighted by molar-refractivity contribution is -0.111. The van der Waals surface area contributed by atoms with E-state index in [0.717, 1.165) is 33.3 Å². The first-order valence-corrected chi connectivity index (χ1v) is 12.7. The van der Waals surface area contributed by atoms with E-state index in [-0.39, 0.29) is 24.5 Å². The number of amides is 2. The van der Waals surface area contributed by atoms with Gasteiger partial charge < -0.3 is 21.1 Å². The highest BCUT2D eigenvalue weighted by molar-refractivity contribution is 6.08. The molecular weight excluding hydrogens is 504 g/mol. The van der Waals surface area contributed by atoms with Crippen molar-refractivity contribution in [2.75, 3.05) is 22.6 Å². The number of pyridine rings is 1. The summed E-state index contributed by atoms with van der Waals surface area (Å²) in [4.78, 5) is 28.8. The van der Waals surface area contributed by atoms with Gasteiger partial charge in [-0.15, -0.1) is 0 Å². The van der Waals surface area contributed by atoms with Gasteiger partial charge in [-0.05, 0) is 66.1 Å². The lowest BCUT2D eigenvalue weighted by atomic mass is 10.0. The van der Waals surface area contributed by atoms with E-state index in [1.165, 1.54) is 6.08 Å². The van der Waals surface area contributed by atoms with Crippen molar-refractivity contribution >= 4 is 39.9 Å². The van der Waals surface area contributed by atoms with Crippen molar-refractivity contribution in [3.8, 4) is 11.1 Å². The number of anilines is 3. The van der Waals surface area contributed by atoms with E-state index in [0.29, 0.717) is 23.5 Å². The summed E-state index contributed by atoms with van der Waals surface area (Å²) in [6, 6.07) is 24.2. The third-order valence-corrected chi connectivity index (χ3v) is 6.38. The molecule has 0 bridgehead atoms. The monoisotopic (exact) mass is 532 g/mol. The standard InChI is InChI=1S/C31H28N6O3/c1-2-29(39)34-24-11-8-21(9-12-24)31(40)35-30-27-16-22(10-13-28(27)36-37-30)23-15-25(18-32-17-23)33-26(19-38)14-20-6-4-3-5-7-20/h2-13,15-18,26,33,38H,1,14,19H2,(H,34,39)(H2,35,36,37,40)/t26-/m0/s1. The highest BCUT2D eigenvalue weighted by Crippen LogP contribution is 2.29. The summed E-state index contributed by atoms with van der Waals surface area (Å²) >= 11 is 0. The fraction of sp³-hybridized carbons (Fsp3) is 0.0968. The quantitative estimate of drug-likeness (QED) is 0.161. The van der Waals surface area contributed by atoms with Crippen molar-refractivity contribution in [2.24, 2.45) is 0 Å². The number of aliphatic hydroxyl groups excluding tert-OH is 1. The Morgan fingerprint density at radius 2 is 1.73 bits per heavy atom. The highest BCUT2D eigenvalue weighted by atomic mass is 16.3. The molecule has 1 atom stereocenters. The molecule has 0 saturated heterocycles. The average Bonchev–Trinajstić information content (AvgIpc) is 3.39. The first-order valence-electron chi connectivity index (χ1n) is 12.7. The molecule has 0 aliphatic rings. The number of H-pyrrole nitrogens is 1. The molecule has 0 spiro atoms. The Morgan fingerprint density at radius 1 is 0.925 bits per heavy atom. The molecule has 0 aliphatic heterocycles. The van der Waals surface area contributed by atoms with E-state index >= 15 is 0 Å². The minimum Gasteiger partial charge on any atom is -0.394 e. The van der Waals surface area contributed by atoms with Crippen LogP contribution in [0, 0.1) is 0 Å². The number of carbonyl (C=O) groups is 2. The summed E-state index contributed by atoms with van der Waals surface area (Å²) in [6.07, 6.45) is 5.35. The van der Waals surface area contributed by atoms with Crippen LogP contribution in [-0.4, -0.2) is 44.8 Å². The van der Waals surface area contributed by atoms with Gasteiger partial charge in [-0.2, -0.15) is 5.10 Å². The Labute approximate surface area is 231 Å². The lowest BCUT2D eigenvalue weighted by Gasteiger charge is -2.18. The number of hydrogen-bond acceptors (Lipinski definition) is 6. The van der Waals surface area contributed by atoms with Crippen molar-refractivity contribution in [3.05, 3.63) is 115 Å². The number of hydrogen-bond donors (Lipinski definition) is 5. The van der Waals surface area contributed by atoms with Gasteiger partial charge in [0.15, 0.2) is 5.82 Å². The van der Waals surface area contributed by atoms with E-state index in [2.05, 4.69) is 37.7 Å². The van der Waals surface area contributed by atoms with Crippen molar-refractivity contribution in [3.63, 3.8) is 0 Å². The summed E-state index contributed by atoms with van der Waals surface area (Å²) in [5.41, 5.74) is 5.44. The Morgan fingerprint density at radius 3 is 2.48 bits per heavy atom. The van der Waals surface area contributed by atoms with Gasteiger partial charge in [0.25, 0.3) is 5.91 Å². The number of nitrogens with one attached hydrogen (secondary N) is 4. The van der Waals surface area contributed by atoms with Crippen LogP contribution in [0.15, 0.2) is 104 Å². The summed E-state index contributed by atoms with van der Waals surface area (Å²) in [7, 11) is 0. The Kier molecular flexibility index (Phi) is 7.94. The Balaban J connectivity index is 1.32. The van der Waals surface area contributed by atoms with Gasteiger partial charge in [0, 0.05) is 34.6 Å². The molecule has 40 heavy (non-hydrogen) atoms. The van der Waals surface area contributed by atoms with Crippen LogP contribution < -0.4 is 16.0 Å². The molecule has 2 amide bonds. The zero-order chi connectivity index (χ0) is 27.9. The molecule has 0 fully saturated rings. The fourth-order valence-corrected chi connectivity index (χ4v) is 4.34. The van der Waals surface area contributed by atoms with Gasteiger partial charge in [0.2, 0.25) is 5.91 Å². The van der Waals surface area contributed by atoms with Crippen LogP contribution in [0.25, 0.3) is 22.0 Å². The van der Waals surface area contributed by atoms with Gasteiger partial charge in [-0.3, -0.25) is 19.7 Å². The van der Waals surface area contributed by atoms with Gasteiger partial charge in [0.1, 0.15) is 0 Å².